The minimum atomic E-state index is -0.0544. The molecule has 1 aliphatic rings. The predicted octanol–water partition coefficient (Wildman–Crippen LogP) is 1.27. The SMILES string of the molecule is COc1cccc(OC)c1C(=O)N1CCC(N)CC1. The highest BCUT2D eigenvalue weighted by molar-refractivity contribution is 5.99. The quantitative estimate of drug-likeness (QED) is 0.893. The van der Waals surface area contributed by atoms with Crippen LogP contribution in [0.15, 0.2) is 18.2 Å². The van der Waals surface area contributed by atoms with Gasteiger partial charge in [0.15, 0.2) is 0 Å². The number of benzene rings is 1. The van der Waals surface area contributed by atoms with Crippen LogP contribution in [0.3, 0.4) is 0 Å². The highest BCUT2D eigenvalue weighted by Crippen LogP contribution is 2.30. The third kappa shape index (κ3) is 2.81. The molecule has 0 bridgehead atoms. The van der Waals surface area contributed by atoms with Gasteiger partial charge >= 0.3 is 0 Å². The van der Waals surface area contributed by atoms with Crippen LogP contribution in [-0.4, -0.2) is 44.2 Å². The van der Waals surface area contributed by atoms with Crippen molar-refractivity contribution in [1.82, 2.24) is 4.90 Å². The first kappa shape index (κ1) is 13.7. The molecule has 0 aliphatic carbocycles. The summed E-state index contributed by atoms with van der Waals surface area (Å²) < 4.78 is 10.5. The molecule has 1 saturated heterocycles. The van der Waals surface area contributed by atoms with Crippen LogP contribution in [0.4, 0.5) is 0 Å². The number of hydrogen-bond acceptors (Lipinski definition) is 4. The van der Waals surface area contributed by atoms with Gasteiger partial charge in [-0.15, -0.1) is 0 Å². The minimum Gasteiger partial charge on any atom is -0.496 e. The van der Waals surface area contributed by atoms with Gasteiger partial charge < -0.3 is 20.1 Å². The van der Waals surface area contributed by atoms with E-state index in [1.807, 2.05) is 4.90 Å². The van der Waals surface area contributed by atoms with E-state index in [1.54, 1.807) is 32.4 Å². The number of carbonyl (C=O) groups is 1. The fraction of sp³-hybridized carbons (Fsp3) is 0.500. The van der Waals surface area contributed by atoms with Crippen molar-refractivity contribution in [2.75, 3.05) is 27.3 Å². The maximum atomic E-state index is 12.6. The summed E-state index contributed by atoms with van der Waals surface area (Å²) in [4.78, 5) is 14.4. The molecule has 0 aromatic heterocycles. The average Bonchev–Trinajstić information content (AvgIpc) is 2.46. The Morgan fingerprint density at radius 3 is 2.21 bits per heavy atom. The molecule has 104 valence electrons. The Morgan fingerprint density at radius 2 is 1.74 bits per heavy atom. The molecule has 1 aromatic carbocycles. The van der Waals surface area contributed by atoms with Crippen LogP contribution in [-0.2, 0) is 0 Å². The van der Waals surface area contributed by atoms with Crippen LogP contribution in [0.5, 0.6) is 11.5 Å². The van der Waals surface area contributed by atoms with Gasteiger partial charge in [-0.2, -0.15) is 0 Å². The van der Waals surface area contributed by atoms with Crippen molar-refractivity contribution in [1.29, 1.82) is 0 Å². The maximum Gasteiger partial charge on any atom is 0.261 e. The van der Waals surface area contributed by atoms with Crippen LogP contribution in [0, 0.1) is 0 Å². The van der Waals surface area contributed by atoms with E-state index in [1.165, 1.54) is 0 Å². The molecule has 1 aromatic rings. The lowest BCUT2D eigenvalue weighted by atomic mass is 10.0. The predicted molar refractivity (Wildman–Crippen MR) is 72.7 cm³/mol. The van der Waals surface area contributed by atoms with Gasteiger partial charge in [-0.25, -0.2) is 0 Å². The van der Waals surface area contributed by atoms with Gasteiger partial charge in [0, 0.05) is 19.1 Å². The lowest BCUT2D eigenvalue weighted by Crippen LogP contribution is -2.43. The number of ether oxygens (including phenoxy) is 2. The molecule has 2 N–H and O–H groups in total. The Morgan fingerprint density at radius 1 is 1.21 bits per heavy atom. The van der Waals surface area contributed by atoms with Crippen LogP contribution < -0.4 is 15.2 Å². The number of rotatable bonds is 3. The van der Waals surface area contributed by atoms with Gasteiger partial charge in [-0.3, -0.25) is 4.79 Å². The van der Waals surface area contributed by atoms with E-state index < -0.39 is 0 Å². The molecule has 0 spiro atoms. The third-order valence-corrected chi connectivity index (χ3v) is 3.47. The van der Waals surface area contributed by atoms with Gasteiger partial charge in [0.05, 0.1) is 14.2 Å². The van der Waals surface area contributed by atoms with Gasteiger partial charge in [0.2, 0.25) is 0 Å². The van der Waals surface area contributed by atoms with Crippen molar-refractivity contribution in [2.45, 2.75) is 18.9 Å². The molecular formula is C14H20N2O3. The first-order valence-electron chi connectivity index (χ1n) is 6.43. The van der Waals surface area contributed by atoms with E-state index in [2.05, 4.69) is 0 Å². The average molecular weight is 264 g/mol. The highest BCUT2D eigenvalue weighted by atomic mass is 16.5. The smallest absolute Gasteiger partial charge is 0.261 e. The number of carbonyl (C=O) groups excluding carboxylic acids is 1. The van der Waals surface area contributed by atoms with Gasteiger partial charge in [-0.05, 0) is 25.0 Å². The minimum absolute atomic E-state index is 0.0544. The number of piperidine rings is 1. The number of amides is 1. The van der Waals surface area contributed by atoms with Gasteiger partial charge in [0.1, 0.15) is 17.1 Å². The Labute approximate surface area is 113 Å². The molecule has 0 atom stereocenters. The molecule has 19 heavy (non-hydrogen) atoms. The molecule has 2 rings (SSSR count). The zero-order chi connectivity index (χ0) is 13.8. The van der Waals surface area contributed by atoms with Crippen LogP contribution in [0.25, 0.3) is 0 Å². The van der Waals surface area contributed by atoms with Gasteiger partial charge in [0.25, 0.3) is 5.91 Å². The van der Waals surface area contributed by atoms with E-state index >= 15 is 0 Å². The molecule has 1 fully saturated rings. The van der Waals surface area contributed by atoms with Crippen molar-refractivity contribution < 1.29 is 14.3 Å². The Balaban J connectivity index is 2.27. The highest BCUT2D eigenvalue weighted by Gasteiger charge is 2.26. The topological polar surface area (TPSA) is 64.8 Å². The van der Waals surface area contributed by atoms with Crippen molar-refractivity contribution in [3.05, 3.63) is 23.8 Å². The molecule has 5 heteroatoms. The largest absolute Gasteiger partial charge is 0.496 e. The third-order valence-electron chi connectivity index (χ3n) is 3.47. The number of likely N-dealkylation sites (tertiary alicyclic amines) is 1. The summed E-state index contributed by atoms with van der Waals surface area (Å²) in [5, 5.41) is 0. The second kappa shape index (κ2) is 5.93. The second-order valence-corrected chi connectivity index (χ2v) is 4.67. The summed E-state index contributed by atoms with van der Waals surface area (Å²) in [7, 11) is 3.11. The Bertz CT molecular complexity index is 432. The van der Waals surface area contributed by atoms with Crippen molar-refractivity contribution in [3.63, 3.8) is 0 Å². The number of methoxy groups -OCH3 is 2. The molecule has 1 amide bonds. The van der Waals surface area contributed by atoms with Crippen molar-refractivity contribution >= 4 is 5.91 Å². The molecule has 1 aliphatic heterocycles. The summed E-state index contributed by atoms with van der Waals surface area (Å²) in [5.41, 5.74) is 6.35. The van der Waals surface area contributed by atoms with E-state index in [9.17, 15) is 4.79 Å². The number of nitrogens with two attached hydrogens (primary N) is 1. The van der Waals surface area contributed by atoms with E-state index in [4.69, 9.17) is 15.2 Å². The van der Waals surface area contributed by atoms with Crippen LogP contribution in [0.2, 0.25) is 0 Å². The molecular weight excluding hydrogens is 244 g/mol. The lowest BCUT2D eigenvalue weighted by molar-refractivity contribution is 0.0708. The van der Waals surface area contributed by atoms with E-state index in [0.717, 1.165) is 12.8 Å². The summed E-state index contributed by atoms with van der Waals surface area (Å²) in [6, 6.07) is 5.54. The molecule has 0 radical (unpaired) electrons. The van der Waals surface area contributed by atoms with Crippen LogP contribution in [0.1, 0.15) is 23.2 Å². The fourth-order valence-corrected chi connectivity index (χ4v) is 2.32. The number of hydrogen-bond donors (Lipinski definition) is 1. The zero-order valence-electron chi connectivity index (χ0n) is 11.4. The normalized spacial score (nSPS) is 16.3. The Hall–Kier alpha value is -1.75. The summed E-state index contributed by atoms with van der Waals surface area (Å²) in [5.74, 6) is 1.03. The van der Waals surface area contributed by atoms with E-state index in [0.29, 0.717) is 30.2 Å². The number of nitrogens with zero attached hydrogens (tertiary/aromatic N) is 1. The molecule has 0 saturated carbocycles. The molecule has 5 nitrogen and oxygen atoms in total. The zero-order valence-corrected chi connectivity index (χ0v) is 11.4. The summed E-state index contributed by atoms with van der Waals surface area (Å²) in [6.07, 6.45) is 1.67. The first-order valence-corrected chi connectivity index (χ1v) is 6.43. The summed E-state index contributed by atoms with van der Waals surface area (Å²) >= 11 is 0. The molecule has 1 heterocycles. The van der Waals surface area contributed by atoms with E-state index in [-0.39, 0.29) is 11.9 Å². The van der Waals surface area contributed by atoms with Crippen LogP contribution >= 0.6 is 0 Å². The Kier molecular flexibility index (Phi) is 4.27. The second-order valence-electron chi connectivity index (χ2n) is 4.67. The first-order chi connectivity index (χ1) is 9.17. The van der Waals surface area contributed by atoms with Crippen molar-refractivity contribution in [2.24, 2.45) is 5.73 Å². The van der Waals surface area contributed by atoms with Gasteiger partial charge in [-0.1, -0.05) is 6.07 Å². The monoisotopic (exact) mass is 264 g/mol. The standard InChI is InChI=1S/C14H20N2O3/c1-18-11-4-3-5-12(19-2)13(11)14(17)16-8-6-10(15)7-9-16/h3-5,10H,6-9,15H2,1-2H3. The van der Waals surface area contributed by atoms with Crippen molar-refractivity contribution in [3.8, 4) is 11.5 Å². The fourth-order valence-electron chi connectivity index (χ4n) is 2.32. The lowest BCUT2D eigenvalue weighted by Gasteiger charge is -2.30. The molecule has 0 unspecified atom stereocenters. The summed E-state index contributed by atoms with van der Waals surface area (Å²) in [6.45, 7) is 1.36. The maximum absolute atomic E-state index is 12.6.